The van der Waals surface area contributed by atoms with Crippen LogP contribution < -0.4 is 0 Å². The van der Waals surface area contributed by atoms with Crippen LogP contribution in [0.3, 0.4) is 0 Å². The Bertz CT molecular complexity index is 798. The molecule has 1 aromatic heterocycles. The van der Waals surface area contributed by atoms with E-state index in [-0.39, 0.29) is 11.2 Å². The van der Waals surface area contributed by atoms with Crippen LogP contribution in [-0.4, -0.2) is 28.6 Å². The van der Waals surface area contributed by atoms with E-state index in [2.05, 4.69) is 57.8 Å². The van der Waals surface area contributed by atoms with E-state index in [0.29, 0.717) is 5.92 Å². The van der Waals surface area contributed by atoms with E-state index in [0.717, 1.165) is 43.6 Å². The number of halogens is 1. The molecule has 1 aliphatic heterocycles. The molecule has 2 atom stereocenters. The molecule has 0 N–H and O–H groups in total. The Morgan fingerprint density at radius 2 is 1.92 bits per heavy atom. The van der Waals surface area contributed by atoms with E-state index in [9.17, 15) is 0 Å². The molecule has 2 aromatic rings. The third-order valence-electron chi connectivity index (χ3n) is 6.51. The lowest BCUT2D eigenvalue weighted by atomic mass is 9.59. The van der Waals surface area contributed by atoms with Crippen LogP contribution in [0.5, 0.6) is 0 Å². The maximum atomic E-state index is 6.00. The van der Waals surface area contributed by atoms with Crippen LogP contribution in [0.2, 0.25) is 0 Å². The minimum Gasteiger partial charge on any atom is -0.348 e. The van der Waals surface area contributed by atoms with Gasteiger partial charge < -0.3 is 9.47 Å². The first-order valence-electron chi connectivity index (χ1n) is 9.22. The summed E-state index contributed by atoms with van der Waals surface area (Å²) in [5, 5.41) is 0. The monoisotopic (exact) mass is 402 g/mol. The molecule has 2 fully saturated rings. The fraction of sp³-hybridized carbons (Fsp3) is 0.550. The zero-order valence-corrected chi connectivity index (χ0v) is 16.1. The third kappa shape index (κ3) is 2.36. The average Bonchev–Trinajstić information content (AvgIpc) is 3.21. The topological polar surface area (TPSA) is 36.3 Å². The van der Waals surface area contributed by atoms with Crippen LogP contribution in [0.1, 0.15) is 44.0 Å². The Labute approximate surface area is 156 Å². The smallest absolute Gasteiger partial charge is 0.182 e. The first-order chi connectivity index (χ1) is 12.1. The zero-order valence-electron chi connectivity index (χ0n) is 14.5. The lowest BCUT2D eigenvalue weighted by molar-refractivity contribution is -0.199. The van der Waals surface area contributed by atoms with E-state index in [1.807, 2.05) is 0 Å². The number of hydrogen-bond donors (Lipinski definition) is 0. The van der Waals surface area contributed by atoms with Gasteiger partial charge in [0.15, 0.2) is 10.5 Å². The quantitative estimate of drug-likeness (QED) is 0.709. The fourth-order valence-electron chi connectivity index (χ4n) is 5.11. The Morgan fingerprint density at radius 1 is 1.16 bits per heavy atom. The number of ether oxygens (including phenoxy) is 2. The van der Waals surface area contributed by atoms with Gasteiger partial charge in [-0.1, -0.05) is 25.1 Å². The molecular weight excluding hydrogens is 380 g/mol. The average molecular weight is 403 g/mol. The van der Waals surface area contributed by atoms with Crippen LogP contribution in [0.25, 0.3) is 5.69 Å². The highest BCUT2D eigenvalue weighted by atomic mass is 79.9. The molecule has 2 aliphatic carbocycles. The Morgan fingerprint density at radius 3 is 2.68 bits per heavy atom. The number of aromatic nitrogens is 2. The van der Waals surface area contributed by atoms with E-state index >= 15 is 0 Å². The summed E-state index contributed by atoms with van der Waals surface area (Å²) in [6.45, 7) is 3.87. The van der Waals surface area contributed by atoms with Crippen LogP contribution in [0.4, 0.5) is 0 Å². The summed E-state index contributed by atoms with van der Waals surface area (Å²) >= 11 is 3.72. The van der Waals surface area contributed by atoms with Gasteiger partial charge in [-0.3, -0.25) is 4.57 Å². The molecule has 1 spiro atoms. The number of fused-ring (bicyclic) bond motifs is 3. The number of benzene rings is 1. The van der Waals surface area contributed by atoms with Gasteiger partial charge >= 0.3 is 0 Å². The summed E-state index contributed by atoms with van der Waals surface area (Å²) in [5.74, 6) is 0.249. The fourth-order valence-corrected chi connectivity index (χ4v) is 5.71. The van der Waals surface area contributed by atoms with Crippen molar-refractivity contribution in [2.75, 3.05) is 13.2 Å². The van der Waals surface area contributed by atoms with Crippen LogP contribution in [0.15, 0.2) is 35.1 Å². The standard InChI is InChI=1S/C20H23BrN2O2/c1-19-9-10-20(24-11-12-25-20)13-14(19)7-8-16-17(19)22-18(21)23(16)15-5-3-2-4-6-15/h2-6,14H,7-13H2,1H3. The molecule has 1 saturated heterocycles. The van der Waals surface area contributed by atoms with Crippen molar-refractivity contribution in [2.24, 2.45) is 5.92 Å². The third-order valence-corrected chi connectivity index (χ3v) is 7.05. The van der Waals surface area contributed by atoms with E-state index in [4.69, 9.17) is 14.5 Å². The number of hydrogen-bond acceptors (Lipinski definition) is 3. The normalized spacial score (nSPS) is 30.2. The number of nitrogens with zero attached hydrogens (tertiary/aromatic N) is 2. The molecule has 25 heavy (non-hydrogen) atoms. The number of para-hydroxylation sites is 1. The molecule has 1 aromatic carbocycles. The molecule has 0 amide bonds. The first kappa shape index (κ1) is 16.0. The van der Waals surface area contributed by atoms with Crippen LogP contribution >= 0.6 is 15.9 Å². The highest BCUT2D eigenvalue weighted by Crippen LogP contribution is 2.54. The second kappa shape index (κ2) is 5.66. The molecule has 2 unspecified atom stereocenters. The van der Waals surface area contributed by atoms with Gasteiger partial charge in [-0.25, -0.2) is 4.98 Å². The zero-order chi connectivity index (χ0) is 17.1. The summed E-state index contributed by atoms with van der Waals surface area (Å²) in [7, 11) is 0. The van der Waals surface area contributed by atoms with Gasteiger partial charge in [0.2, 0.25) is 0 Å². The minimum absolute atomic E-state index is 0.108. The molecule has 5 heteroatoms. The van der Waals surface area contributed by atoms with Crippen molar-refractivity contribution in [1.29, 1.82) is 0 Å². The summed E-state index contributed by atoms with van der Waals surface area (Å²) in [6, 6.07) is 10.5. The van der Waals surface area contributed by atoms with Gasteiger partial charge in [0.05, 0.1) is 18.9 Å². The molecule has 5 rings (SSSR count). The van der Waals surface area contributed by atoms with Crippen molar-refractivity contribution in [1.82, 2.24) is 9.55 Å². The minimum atomic E-state index is -0.319. The van der Waals surface area contributed by atoms with E-state index in [1.165, 1.54) is 23.5 Å². The van der Waals surface area contributed by atoms with Crippen LogP contribution in [0, 0.1) is 5.92 Å². The van der Waals surface area contributed by atoms with Crippen molar-refractivity contribution in [3.05, 3.63) is 46.5 Å². The lowest BCUT2D eigenvalue weighted by Gasteiger charge is -2.49. The first-order valence-corrected chi connectivity index (χ1v) is 10.0. The van der Waals surface area contributed by atoms with Crippen molar-refractivity contribution >= 4 is 15.9 Å². The van der Waals surface area contributed by atoms with Gasteiger partial charge in [-0.05, 0) is 53.2 Å². The second-order valence-corrected chi connectivity index (χ2v) is 8.52. The molecule has 1 saturated carbocycles. The van der Waals surface area contributed by atoms with Crippen molar-refractivity contribution in [3.63, 3.8) is 0 Å². The Balaban J connectivity index is 1.56. The summed E-state index contributed by atoms with van der Waals surface area (Å²) in [4.78, 5) is 5.00. The number of rotatable bonds is 1. The lowest BCUT2D eigenvalue weighted by Crippen LogP contribution is -2.49. The maximum Gasteiger partial charge on any atom is 0.182 e. The van der Waals surface area contributed by atoms with E-state index < -0.39 is 0 Å². The predicted molar refractivity (Wildman–Crippen MR) is 98.9 cm³/mol. The second-order valence-electron chi connectivity index (χ2n) is 7.81. The molecule has 2 heterocycles. The molecule has 3 aliphatic rings. The summed E-state index contributed by atoms with van der Waals surface area (Å²) in [5.41, 5.74) is 3.92. The van der Waals surface area contributed by atoms with Gasteiger partial charge in [0.1, 0.15) is 0 Å². The van der Waals surface area contributed by atoms with Gasteiger partial charge in [0.25, 0.3) is 0 Å². The molecule has 132 valence electrons. The Kier molecular flexibility index (Phi) is 3.63. The van der Waals surface area contributed by atoms with E-state index in [1.54, 1.807) is 0 Å². The number of imidazole rings is 1. The largest absolute Gasteiger partial charge is 0.348 e. The summed E-state index contributed by atoms with van der Waals surface area (Å²) < 4.78 is 15.2. The Hall–Kier alpha value is -1.17. The SMILES string of the molecule is CC12CCC3(CC1CCc1c2nc(Br)n1-c1ccccc1)OCCO3. The highest BCUT2D eigenvalue weighted by molar-refractivity contribution is 9.10. The van der Waals surface area contributed by atoms with Crippen molar-refractivity contribution < 1.29 is 9.47 Å². The summed E-state index contributed by atoms with van der Waals surface area (Å²) in [6.07, 6.45) is 5.26. The molecular formula is C20H23BrN2O2. The van der Waals surface area contributed by atoms with Crippen molar-refractivity contribution in [3.8, 4) is 5.69 Å². The molecule has 4 nitrogen and oxygen atoms in total. The molecule has 0 bridgehead atoms. The van der Waals surface area contributed by atoms with Crippen molar-refractivity contribution in [2.45, 2.75) is 50.2 Å². The predicted octanol–water partition coefficient (Wildman–Crippen LogP) is 4.38. The molecule has 0 radical (unpaired) electrons. The van der Waals surface area contributed by atoms with Gasteiger partial charge in [0, 0.05) is 29.6 Å². The van der Waals surface area contributed by atoms with Gasteiger partial charge in [-0.15, -0.1) is 0 Å². The highest BCUT2D eigenvalue weighted by Gasteiger charge is 2.53. The van der Waals surface area contributed by atoms with Crippen LogP contribution in [-0.2, 0) is 21.3 Å². The maximum absolute atomic E-state index is 6.00. The van der Waals surface area contributed by atoms with Gasteiger partial charge in [-0.2, -0.15) is 0 Å².